The molecule has 5 heteroatoms. The standard InChI is InChI=1S/C10H15NO4/c1-3-6-15-10(14)11(8-4-5-8)7(2)9(12)13/h3,7-8H,1,4-6H2,2H3,(H,12,13). The van der Waals surface area contributed by atoms with Gasteiger partial charge in [0.15, 0.2) is 0 Å². The largest absolute Gasteiger partial charge is 0.480 e. The van der Waals surface area contributed by atoms with Crippen molar-refractivity contribution in [3.63, 3.8) is 0 Å². The lowest BCUT2D eigenvalue weighted by Gasteiger charge is -2.25. The van der Waals surface area contributed by atoms with Gasteiger partial charge in [0.05, 0.1) is 0 Å². The maximum Gasteiger partial charge on any atom is 0.411 e. The average molecular weight is 213 g/mol. The molecule has 0 heterocycles. The van der Waals surface area contributed by atoms with Gasteiger partial charge in [0.1, 0.15) is 12.6 Å². The molecular formula is C10H15NO4. The summed E-state index contributed by atoms with van der Waals surface area (Å²) in [5.41, 5.74) is 0. The van der Waals surface area contributed by atoms with Crippen LogP contribution in [0.15, 0.2) is 12.7 Å². The quantitative estimate of drug-likeness (QED) is 0.698. The third-order valence-corrected chi connectivity index (χ3v) is 2.25. The Labute approximate surface area is 88.3 Å². The zero-order valence-corrected chi connectivity index (χ0v) is 8.68. The molecule has 1 atom stereocenters. The number of hydrogen-bond donors (Lipinski definition) is 1. The van der Waals surface area contributed by atoms with E-state index in [1.165, 1.54) is 17.9 Å². The van der Waals surface area contributed by atoms with Crippen LogP contribution in [0, 0.1) is 0 Å². The fourth-order valence-electron chi connectivity index (χ4n) is 1.30. The van der Waals surface area contributed by atoms with E-state index in [0.717, 1.165) is 12.8 Å². The summed E-state index contributed by atoms with van der Waals surface area (Å²) in [5.74, 6) is -1.02. The Balaban J connectivity index is 2.60. The van der Waals surface area contributed by atoms with E-state index in [9.17, 15) is 9.59 Å². The van der Waals surface area contributed by atoms with Crippen LogP contribution in [0.5, 0.6) is 0 Å². The molecule has 5 nitrogen and oxygen atoms in total. The van der Waals surface area contributed by atoms with Crippen molar-refractivity contribution in [3.8, 4) is 0 Å². The second-order valence-electron chi connectivity index (χ2n) is 3.52. The molecule has 1 fully saturated rings. The van der Waals surface area contributed by atoms with E-state index < -0.39 is 18.1 Å². The highest BCUT2D eigenvalue weighted by Crippen LogP contribution is 2.29. The molecule has 0 aromatic rings. The number of rotatable bonds is 5. The number of carbonyl (C=O) groups is 2. The zero-order valence-electron chi connectivity index (χ0n) is 8.68. The van der Waals surface area contributed by atoms with E-state index in [2.05, 4.69) is 6.58 Å². The first kappa shape index (κ1) is 11.6. The first-order chi connectivity index (χ1) is 7.07. The highest BCUT2D eigenvalue weighted by Gasteiger charge is 2.39. The number of ether oxygens (including phenoxy) is 1. The molecule has 1 rings (SSSR count). The van der Waals surface area contributed by atoms with Gasteiger partial charge < -0.3 is 9.84 Å². The van der Waals surface area contributed by atoms with Gasteiger partial charge in [-0.3, -0.25) is 4.90 Å². The molecule has 1 saturated carbocycles. The van der Waals surface area contributed by atoms with Gasteiger partial charge in [0, 0.05) is 6.04 Å². The molecule has 0 aliphatic heterocycles. The van der Waals surface area contributed by atoms with Crippen molar-refractivity contribution in [2.75, 3.05) is 6.61 Å². The lowest BCUT2D eigenvalue weighted by Crippen LogP contribution is -2.45. The van der Waals surface area contributed by atoms with E-state index in [4.69, 9.17) is 9.84 Å². The molecule has 1 unspecified atom stereocenters. The van der Waals surface area contributed by atoms with Gasteiger partial charge in [-0.2, -0.15) is 0 Å². The third kappa shape index (κ3) is 2.97. The normalized spacial score (nSPS) is 16.6. The van der Waals surface area contributed by atoms with Crippen molar-refractivity contribution in [2.24, 2.45) is 0 Å². The maximum atomic E-state index is 11.5. The van der Waals surface area contributed by atoms with Crippen molar-refractivity contribution < 1.29 is 19.4 Å². The SMILES string of the molecule is C=CCOC(=O)N(C1CC1)C(C)C(=O)O. The molecule has 0 aromatic heterocycles. The smallest absolute Gasteiger partial charge is 0.411 e. The van der Waals surface area contributed by atoms with Crippen molar-refractivity contribution in [1.82, 2.24) is 4.90 Å². The molecule has 1 N–H and O–H groups in total. The van der Waals surface area contributed by atoms with E-state index in [-0.39, 0.29) is 12.6 Å². The van der Waals surface area contributed by atoms with E-state index >= 15 is 0 Å². The van der Waals surface area contributed by atoms with Crippen LogP contribution in [0.2, 0.25) is 0 Å². The van der Waals surface area contributed by atoms with Gasteiger partial charge in [-0.15, -0.1) is 0 Å². The van der Waals surface area contributed by atoms with Gasteiger partial charge in [0.25, 0.3) is 0 Å². The minimum absolute atomic E-state index is 0.0217. The molecule has 0 bridgehead atoms. The van der Waals surface area contributed by atoms with Crippen molar-refractivity contribution in [1.29, 1.82) is 0 Å². The van der Waals surface area contributed by atoms with Crippen LogP contribution in [0.1, 0.15) is 19.8 Å². The molecule has 1 amide bonds. The van der Waals surface area contributed by atoms with Crippen LogP contribution in [0.4, 0.5) is 4.79 Å². The van der Waals surface area contributed by atoms with Crippen molar-refractivity contribution in [2.45, 2.75) is 31.8 Å². The van der Waals surface area contributed by atoms with E-state index in [1.807, 2.05) is 0 Å². The predicted molar refractivity (Wildman–Crippen MR) is 53.5 cm³/mol. The molecule has 84 valence electrons. The Morgan fingerprint density at radius 1 is 1.67 bits per heavy atom. The molecule has 0 radical (unpaired) electrons. The summed E-state index contributed by atoms with van der Waals surface area (Å²) in [4.78, 5) is 23.6. The third-order valence-electron chi connectivity index (χ3n) is 2.25. The van der Waals surface area contributed by atoms with Gasteiger partial charge in [0.2, 0.25) is 0 Å². The average Bonchev–Trinajstić information content (AvgIpc) is 2.98. The minimum atomic E-state index is -1.02. The number of nitrogens with zero attached hydrogens (tertiary/aromatic N) is 1. The Hall–Kier alpha value is -1.52. The lowest BCUT2D eigenvalue weighted by molar-refractivity contribution is -0.142. The zero-order chi connectivity index (χ0) is 11.4. The summed E-state index contributed by atoms with van der Waals surface area (Å²) in [6.07, 6.45) is 2.57. The predicted octanol–water partition coefficient (Wildman–Crippen LogP) is 1.25. The number of aliphatic carboxylic acids is 1. The number of amides is 1. The Kier molecular flexibility index (Phi) is 3.71. The monoisotopic (exact) mass is 213 g/mol. The molecule has 0 saturated heterocycles. The van der Waals surface area contributed by atoms with Crippen LogP contribution in [-0.2, 0) is 9.53 Å². The molecule has 1 aliphatic carbocycles. The Morgan fingerprint density at radius 2 is 2.27 bits per heavy atom. The molecule has 1 aliphatic rings. The summed E-state index contributed by atoms with van der Waals surface area (Å²) in [5, 5.41) is 8.83. The molecule has 0 aromatic carbocycles. The number of hydrogen-bond acceptors (Lipinski definition) is 3. The molecule has 15 heavy (non-hydrogen) atoms. The second-order valence-corrected chi connectivity index (χ2v) is 3.52. The van der Waals surface area contributed by atoms with Gasteiger partial charge in [-0.05, 0) is 19.8 Å². The van der Waals surface area contributed by atoms with Crippen LogP contribution >= 0.6 is 0 Å². The topological polar surface area (TPSA) is 66.8 Å². The molecular weight excluding hydrogens is 198 g/mol. The van der Waals surface area contributed by atoms with Crippen LogP contribution in [-0.4, -0.2) is 40.8 Å². The molecule has 0 spiro atoms. The highest BCUT2D eigenvalue weighted by molar-refractivity contribution is 5.80. The van der Waals surface area contributed by atoms with Gasteiger partial charge in [-0.1, -0.05) is 12.7 Å². The van der Waals surface area contributed by atoms with Crippen molar-refractivity contribution >= 4 is 12.1 Å². The minimum Gasteiger partial charge on any atom is -0.480 e. The summed E-state index contributed by atoms with van der Waals surface area (Å²) in [6, 6.07) is -0.816. The van der Waals surface area contributed by atoms with Gasteiger partial charge in [-0.25, -0.2) is 9.59 Å². The summed E-state index contributed by atoms with van der Waals surface area (Å²) in [7, 11) is 0. The summed E-state index contributed by atoms with van der Waals surface area (Å²) >= 11 is 0. The highest BCUT2D eigenvalue weighted by atomic mass is 16.6. The number of carboxylic acids is 1. The Bertz CT molecular complexity index is 273. The lowest BCUT2D eigenvalue weighted by atomic mass is 10.3. The maximum absolute atomic E-state index is 11.5. The van der Waals surface area contributed by atoms with Crippen LogP contribution in [0.25, 0.3) is 0 Å². The Morgan fingerprint density at radius 3 is 2.67 bits per heavy atom. The van der Waals surface area contributed by atoms with Gasteiger partial charge >= 0.3 is 12.1 Å². The number of carbonyl (C=O) groups excluding carboxylic acids is 1. The first-order valence-corrected chi connectivity index (χ1v) is 4.86. The van der Waals surface area contributed by atoms with E-state index in [0.29, 0.717) is 0 Å². The summed E-state index contributed by atoms with van der Waals surface area (Å²) in [6.45, 7) is 5.01. The summed E-state index contributed by atoms with van der Waals surface area (Å²) < 4.78 is 4.83. The second kappa shape index (κ2) is 4.82. The fraction of sp³-hybridized carbons (Fsp3) is 0.600. The fourth-order valence-corrected chi connectivity index (χ4v) is 1.30. The van der Waals surface area contributed by atoms with Crippen LogP contribution in [0.3, 0.4) is 0 Å². The first-order valence-electron chi connectivity index (χ1n) is 4.86. The van der Waals surface area contributed by atoms with E-state index in [1.54, 1.807) is 0 Å². The van der Waals surface area contributed by atoms with Crippen molar-refractivity contribution in [3.05, 3.63) is 12.7 Å². The number of carboxylic acid groups (broad SMARTS) is 1. The van der Waals surface area contributed by atoms with Crippen LogP contribution < -0.4 is 0 Å².